The lowest BCUT2D eigenvalue weighted by atomic mass is 10.2. The largest absolute Gasteiger partial charge is 0.388 e. The van der Waals surface area contributed by atoms with Crippen LogP contribution in [0.1, 0.15) is 16.7 Å². The van der Waals surface area contributed by atoms with Crippen LogP contribution in [-0.2, 0) is 16.4 Å². The van der Waals surface area contributed by atoms with Crippen LogP contribution in [-0.4, -0.2) is 21.5 Å². The Labute approximate surface area is 130 Å². The quantitative estimate of drug-likeness (QED) is 0.859. The molecule has 0 saturated heterocycles. The molecule has 0 spiro atoms. The topological polar surface area (TPSA) is 58.2 Å². The fourth-order valence-electron chi connectivity index (χ4n) is 2.07. The van der Waals surface area contributed by atoms with Crippen LogP contribution in [0, 0.1) is 6.92 Å². The first-order valence-electron chi connectivity index (χ1n) is 6.76. The van der Waals surface area contributed by atoms with E-state index in [9.17, 15) is 8.42 Å². The summed E-state index contributed by atoms with van der Waals surface area (Å²) in [4.78, 5) is 2.71. The van der Waals surface area contributed by atoms with Gasteiger partial charge in [0.15, 0.2) is 0 Å². The highest BCUT2D eigenvalue weighted by Crippen LogP contribution is 2.18. The third-order valence-corrected chi connectivity index (χ3v) is 5.74. The predicted octanol–water partition coefficient (Wildman–Crippen LogP) is 3.01. The zero-order valence-corrected chi connectivity index (χ0v) is 14.0. The van der Waals surface area contributed by atoms with Crippen LogP contribution in [0.4, 0.5) is 5.69 Å². The van der Waals surface area contributed by atoms with Crippen LogP contribution >= 0.6 is 11.3 Å². The molecule has 21 heavy (non-hydrogen) atoms. The van der Waals surface area contributed by atoms with Crippen molar-refractivity contribution in [1.82, 2.24) is 4.72 Å². The second-order valence-corrected chi connectivity index (χ2v) is 8.10. The second kappa shape index (κ2) is 6.60. The maximum atomic E-state index is 12.3. The Bertz CT molecular complexity index is 691. The number of hydrogen-bond acceptors (Lipinski definition) is 4. The molecule has 0 bridgehead atoms. The minimum Gasteiger partial charge on any atom is -0.388 e. The van der Waals surface area contributed by atoms with E-state index in [1.807, 2.05) is 19.9 Å². The minimum absolute atomic E-state index is 0.142. The van der Waals surface area contributed by atoms with E-state index in [1.54, 1.807) is 42.6 Å². The maximum absolute atomic E-state index is 12.3. The molecule has 0 fully saturated rings. The summed E-state index contributed by atoms with van der Waals surface area (Å²) in [5, 5.41) is 2.97. The van der Waals surface area contributed by atoms with Gasteiger partial charge in [-0.05, 0) is 56.7 Å². The number of rotatable bonds is 6. The molecule has 0 aliphatic rings. The lowest BCUT2D eigenvalue weighted by Crippen LogP contribution is -2.33. The molecule has 1 heterocycles. The zero-order chi connectivity index (χ0) is 15.5. The van der Waals surface area contributed by atoms with Crippen LogP contribution < -0.4 is 10.0 Å². The summed E-state index contributed by atoms with van der Waals surface area (Å²) >= 11 is 1.70. The predicted molar refractivity (Wildman–Crippen MR) is 88.5 cm³/mol. The Morgan fingerprint density at radius 2 is 1.81 bits per heavy atom. The summed E-state index contributed by atoms with van der Waals surface area (Å²) in [6.07, 6.45) is 0.701. The fraction of sp³-hybridized carbons (Fsp3) is 0.333. The molecule has 114 valence electrons. The van der Waals surface area contributed by atoms with Crippen LogP contribution in [0.15, 0.2) is 41.3 Å². The smallest absolute Gasteiger partial charge is 0.240 e. The lowest BCUT2D eigenvalue weighted by molar-refractivity contribution is 0.561. The molecule has 0 aliphatic carbocycles. The van der Waals surface area contributed by atoms with Gasteiger partial charge in [0.25, 0.3) is 0 Å². The molecule has 2 aromatic rings. The van der Waals surface area contributed by atoms with Crippen LogP contribution in [0.25, 0.3) is 0 Å². The molecule has 2 rings (SSSR count). The maximum Gasteiger partial charge on any atom is 0.240 e. The number of hydrogen-bond donors (Lipinski definition) is 2. The Morgan fingerprint density at radius 1 is 1.14 bits per heavy atom. The van der Waals surface area contributed by atoms with E-state index < -0.39 is 10.0 Å². The fourth-order valence-corrected chi connectivity index (χ4v) is 4.33. The molecule has 0 aliphatic heterocycles. The van der Waals surface area contributed by atoms with Crippen LogP contribution in [0.3, 0.4) is 0 Å². The van der Waals surface area contributed by atoms with Crippen molar-refractivity contribution in [2.75, 3.05) is 12.4 Å². The first kappa shape index (κ1) is 16.0. The summed E-state index contributed by atoms with van der Waals surface area (Å²) in [6, 6.07) is 10.7. The summed E-state index contributed by atoms with van der Waals surface area (Å²) < 4.78 is 27.3. The Balaban J connectivity index is 2.05. The van der Waals surface area contributed by atoms with Crippen molar-refractivity contribution >= 4 is 27.0 Å². The molecule has 1 aromatic heterocycles. The van der Waals surface area contributed by atoms with Crippen molar-refractivity contribution in [2.24, 2.45) is 0 Å². The van der Waals surface area contributed by atoms with E-state index >= 15 is 0 Å². The van der Waals surface area contributed by atoms with E-state index in [2.05, 4.69) is 16.1 Å². The monoisotopic (exact) mass is 324 g/mol. The molecular formula is C15H20N2O2S2. The van der Waals surface area contributed by atoms with E-state index in [-0.39, 0.29) is 10.9 Å². The van der Waals surface area contributed by atoms with E-state index in [0.717, 1.165) is 5.69 Å². The van der Waals surface area contributed by atoms with Gasteiger partial charge in [0.2, 0.25) is 10.0 Å². The summed E-state index contributed by atoms with van der Waals surface area (Å²) in [6.45, 7) is 3.93. The molecule has 0 saturated carbocycles. The van der Waals surface area contributed by atoms with Gasteiger partial charge in [-0.1, -0.05) is 0 Å². The minimum atomic E-state index is -3.47. The molecular weight excluding hydrogens is 304 g/mol. The number of benzene rings is 1. The van der Waals surface area contributed by atoms with Gasteiger partial charge in [0.05, 0.1) is 4.90 Å². The highest BCUT2D eigenvalue weighted by molar-refractivity contribution is 7.89. The van der Waals surface area contributed by atoms with Crippen molar-refractivity contribution in [2.45, 2.75) is 31.2 Å². The van der Waals surface area contributed by atoms with Gasteiger partial charge in [-0.25, -0.2) is 13.1 Å². The van der Waals surface area contributed by atoms with Crippen molar-refractivity contribution in [3.63, 3.8) is 0 Å². The Kier molecular flexibility index (Phi) is 5.03. The third-order valence-electron chi connectivity index (χ3n) is 3.11. The zero-order valence-electron chi connectivity index (χ0n) is 12.4. The molecule has 0 amide bonds. The molecule has 4 nitrogen and oxygen atoms in total. The number of aryl methyl sites for hydroxylation is 1. The average Bonchev–Trinajstić information content (AvgIpc) is 2.83. The molecule has 1 atom stereocenters. The van der Waals surface area contributed by atoms with Gasteiger partial charge in [0.1, 0.15) is 0 Å². The summed E-state index contributed by atoms with van der Waals surface area (Å²) in [5.74, 6) is 0. The van der Waals surface area contributed by atoms with Crippen molar-refractivity contribution < 1.29 is 8.42 Å². The highest BCUT2D eigenvalue weighted by Gasteiger charge is 2.17. The first-order valence-corrected chi connectivity index (χ1v) is 9.06. The number of nitrogens with one attached hydrogen (secondary N) is 2. The lowest BCUT2D eigenvalue weighted by Gasteiger charge is -2.13. The van der Waals surface area contributed by atoms with Gasteiger partial charge in [-0.2, -0.15) is 0 Å². The third kappa shape index (κ3) is 4.30. The molecule has 1 aromatic carbocycles. The van der Waals surface area contributed by atoms with Crippen molar-refractivity contribution in [1.29, 1.82) is 0 Å². The highest BCUT2D eigenvalue weighted by atomic mass is 32.2. The number of sulfonamides is 1. The number of anilines is 1. The Morgan fingerprint density at radius 3 is 2.33 bits per heavy atom. The molecule has 1 unspecified atom stereocenters. The number of thiophene rings is 1. The molecule has 0 radical (unpaired) electrons. The van der Waals surface area contributed by atoms with Gasteiger partial charge < -0.3 is 5.32 Å². The van der Waals surface area contributed by atoms with Crippen molar-refractivity contribution in [3.8, 4) is 0 Å². The SMILES string of the molecule is CNc1ccc(S(=O)(=O)NC(C)Cc2ccc(C)s2)cc1. The standard InChI is InChI=1S/C15H20N2O2S2/c1-11(10-14-7-4-12(2)20-14)17-21(18,19)15-8-5-13(16-3)6-9-15/h4-9,11,16-17H,10H2,1-3H3. The normalized spacial score (nSPS) is 13.1. The first-order chi connectivity index (χ1) is 9.90. The Hall–Kier alpha value is -1.37. The van der Waals surface area contributed by atoms with Crippen LogP contribution in [0.5, 0.6) is 0 Å². The van der Waals surface area contributed by atoms with Crippen LogP contribution in [0.2, 0.25) is 0 Å². The van der Waals surface area contributed by atoms with Gasteiger partial charge in [-0.15, -0.1) is 11.3 Å². The van der Waals surface area contributed by atoms with Crippen molar-refractivity contribution in [3.05, 3.63) is 46.2 Å². The summed E-state index contributed by atoms with van der Waals surface area (Å²) in [5.41, 5.74) is 0.885. The summed E-state index contributed by atoms with van der Waals surface area (Å²) in [7, 11) is -1.67. The van der Waals surface area contributed by atoms with E-state index in [4.69, 9.17) is 0 Å². The second-order valence-electron chi connectivity index (χ2n) is 5.01. The van der Waals surface area contributed by atoms with Gasteiger partial charge in [-0.3, -0.25) is 0 Å². The van der Waals surface area contributed by atoms with Gasteiger partial charge >= 0.3 is 0 Å². The van der Waals surface area contributed by atoms with Gasteiger partial charge in [0, 0.05) is 28.5 Å². The molecule has 6 heteroatoms. The average molecular weight is 324 g/mol. The van der Waals surface area contributed by atoms with E-state index in [1.165, 1.54) is 9.75 Å². The molecule has 2 N–H and O–H groups in total. The van der Waals surface area contributed by atoms with E-state index in [0.29, 0.717) is 6.42 Å².